The van der Waals surface area contributed by atoms with E-state index in [1.165, 1.54) is 0 Å². The fourth-order valence-corrected chi connectivity index (χ4v) is 3.30. The predicted molar refractivity (Wildman–Crippen MR) is 95.6 cm³/mol. The highest BCUT2D eigenvalue weighted by atomic mass is 35.5. The van der Waals surface area contributed by atoms with Crippen LogP contribution < -0.4 is 16.4 Å². The number of nitrogens with two attached hydrogens (primary N) is 1. The molecule has 156 valence electrons. The number of hydrogen-bond acceptors (Lipinski definition) is 7. The molecule has 0 amide bonds. The second kappa shape index (κ2) is 6.78. The Morgan fingerprint density at radius 2 is 1.38 bits per heavy atom. The fraction of sp³-hybridized carbons (Fsp3) is 0.500. The minimum absolute atomic E-state index is 0.0701. The minimum Gasteiger partial charge on any atom is -0.394 e. The quantitative estimate of drug-likeness (QED) is 0.486. The highest BCUT2D eigenvalue weighted by molar-refractivity contribution is 6.31. The summed E-state index contributed by atoms with van der Waals surface area (Å²) in [7, 11) is 0. The van der Waals surface area contributed by atoms with Gasteiger partial charge in [0.1, 0.15) is 11.4 Å². The maximum absolute atomic E-state index is 13.9. The number of hydrogen-bond donors (Lipinski definition) is 3. The molecule has 0 spiro atoms. The van der Waals surface area contributed by atoms with E-state index in [0.717, 1.165) is 6.07 Å². The number of nitrogens with zero attached hydrogens (tertiary/aromatic N) is 4. The van der Waals surface area contributed by atoms with Crippen molar-refractivity contribution in [2.24, 2.45) is 0 Å². The number of pyridine rings is 1. The van der Waals surface area contributed by atoms with Crippen molar-refractivity contribution in [3.05, 3.63) is 17.0 Å². The number of aromatic nitrogens is 4. The lowest BCUT2D eigenvalue weighted by Gasteiger charge is -2.36. The van der Waals surface area contributed by atoms with Crippen LogP contribution in [0.1, 0.15) is 25.7 Å². The van der Waals surface area contributed by atoms with E-state index in [4.69, 9.17) is 17.3 Å². The van der Waals surface area contributed by atoms with Gasteiger partial charge in [0.25, 0.3) is 11.8 Å². The van der Waals surface area contributed by atoms with Crippen molar-refractivity contribution in [3.8, 4) is 11.5 Å². The smallest absolute Gasteiger partial charge is 0.252 e. The fourth-order valence-electron chi connectivity index (χ4n) is 3.12. The van der Waals surface area contributed by atoms with Crippen LogP contribution in [0.15, 0.2) is 6.07 Å². The molecule has 2 saturated carbocycles. The van der Waals surface area contributed by atoms with Crippen molar-refractivity contribution in [1.29, 1.82) is 0 Å². The van der Waals surface area contributed by atoms with Crippen LogP contribution in [0.5, 0.6) is 0 Å². The van der Waals surface area contributed by atoms with Gasteiger partial charge in [0.05, 0.1) is 0 Å². The molecule has 2 aromatic heterocycles. The summed E-state index contributed by atoms with van der Waals surface area (Å²) >= 11 is 5.80. The van der Waals surface area contributed by atoms with Crippen molar-refractivity contribution in [2.75, 3.05) is 16.4 Å². The second-order valence-electron chi connectivity index (χ2n) is 7.21. The third-order valence-electron chi connectivity index (χ3n) is 4.67. The Labute approximate surface area is 166 Å². The molecule has 4 N–H and O–H groups in total. The first-order chi connectivity index (χ1) is 13.5. The van der Waals surface area contributed by atoms with Crippen molar-refractivity contribution in [3.63, 3.8) is 0 Å². The monoisotopic (exact) mass is 435 g/mol. The van der Waals surface area contributed by atoms with Crippen LogP contribution in [0.25, 0.3) is 11.5 Å². The molecule has 0 radical (unpaired) electrons. The average Bonchev–Trinajstić information content (AvgIpc) is 2.56. The van der Waals surface area contributed by atoms with Gasteiger partial charge in [-0.3, -0.25) is 0 Å². The zero-order valence-corrected chi connectivity index (χ0v) is 15.5. The number of halogens is 6. The highest BCUT2D eigenvalue weighted by Gasteiger charge is 2.46. The maximum Gasteiger partial charge on any atom is 0.252 e. The van der Waals surface area contributed by atoms with E-state index >= 15 is 0 Å². The van der Waals surface area contributed by atoms with Crippen LogP contribution in [-0.2, 0) is 0 Å². The lowest BCUT2D eigenvalue weighted by molar-refractivity contribution is -0.0799. The lowest BCUT2D eigenvalue weighted by Crippen LogP contribution is -2.45. The molecular weight excluding hydrogens is 421 g/mol. The Hall–Kier alpha value is -2.50. The van der Waals surface area contributed by atoms with Gasteiger partial charge in [0.2, 0.25) is 11.9 Å². The van der Waals surface area contributed by atoms with Crippen LogP contribution in [0, 0.1) is 5.82 Å². The third-order valence-corrected chi connectivity index (χ3v) is 4.96. The predicted octanol–water partition coefficient (Wildman–Crippen LogP) is 3.73. The molecular formula is C16H15ClF5N7. The van der Waals surface area contributed by atoms with Gasteiger partial charge in [-0.25, -0.2) is 26.9 Å². The van der Waals surface area contributed by atoms with E-state index in [9.17, 15) is 22.0 Å². The zero-order valence-electron chi connectivity index (χ0n) is 14.7. The summed E-state index contributed by atoms with van der Waals surface area (Å²) in [4.78, 5) is 16.1. The SMILES string of the molecule is Nc1c(F)cc(-c2nc(NC3CC(F)(F)C3)nc(NC3CC(F)(F)C3)n2)nc1Cl. The van der Waals surface area contributed by atoms with E-state index in [1.807, 2.05) is 0 Å². The second-order valence-corrected chi connectivity index (χ2v) is 7.57. The van der Waals surface area contributed by atoms with Crippen LogP contribution in [0.3, 0.4) is 0 Å². The van der Waals surface area contributed by atoms with Gasteiger partial charge in [-0.15, -0.1) is 0 Å². The molecule has 2 aliphatic rings. The first-order valence-corrected chi connectivity index (χ1v) is 9.04. The molecule has 2 heterocycles. The first kappa shape index (κ1) is 19.8. The molecule has 0 bridgehead atoms. The molecule has 13 heteroatoms. The Kier molecular flexibility index (Phi) is 4.63. The lowest BCUT2D eigenvalue weighted by atomic mass is 9.88. The minimum atomic E-state index is -2.76. The summed E-state index contributed by atoms with van der Waals surface area (Å²) in [5, 5.41) is 5.18. The standard InChI is InChI=1S/C16H15ClF5N7/c17-11-10(23)8(18)1-9(26-11)12-27-13(24-6-2-15(19,20)3-6)29-14(28-12)25-7-4-16(21,22)5-7/h1,6-7H,2-5,23H2,(H2,24,25,27,28,29). The molecule has 2 aromatic rings. The van der Waals surface area contributed by atoms with Crippen LogP contribution in [-0.4, -0.2) is 43.9 Å². The number of alkyl halides is 4. The summed E-state index contributed by atoms with van der Waals surface area (Å²) in [5.41, 5.74) is 5.01. The summed E-state index contributed by atoms with van der Waals surface area (Å²) in [6.45, 7) is 0. The molecule has 2 aliphatic carbocycles. The van der Waals surface area contributed by atoms with Gasteiger partial charge >= 0.3 is 0 Å². The Bertz CT molecular complexity index is 874. The Balaban J connectivity index is 1.62. The molecule has 2 fully saturated rings. The van der Waals surface area contributed by atoms with Gasteiger partial charge in [-0.05, 0) is 0 Å². The molecule has 0 unspecified atom stereocenters. The molecule has 0 atom stereocenters. The van der Waals surface area contributed by atoms with E-state index in [1.54, 1.807) is 0 Å². The van der Waals surface area contributed by atoms with E-state index < -0.39 is 55.4 Å². The molecule has 0 saturated heterocycles. The third kappa shape index (κ3) is 4.26. The van der Waals surface area contributed by atoms with Gasteiger partial charge < -0.3 is 16.4 Å². The summed E-state index contributed by atoms with van der Waals surface area (Å²) in [5.74, 6) is -6.63. The largest absolute Gasteiger partial charge is 0.394 e. The zero-order chi connectivity index (χ0) is 21.0. The summed E-state index contributed by atoms with van der Waals surface area (Å²) in [6, 6.07) is -0.180. The number of rotatable bonds is 5. The molecule has 7 nitrogen and oxygen atoms in total. The molecule has 29 heavy (non-hydrogen) atoms. The number of nitrogen functional groups attached to an aromatic ring is 1. The topological polar surface area (TPSA) is 102 Å². The molecule has 0 aliphatic heterocycles. The average molecular weight is 436 g/mol. The van der Waals surface area contributed by atoms with Gasteiger partial charge in [0.15, 0.2) is 16.8 Å². The Morgan fingerprint density at radius 3 is 1.79 bits per heavy atom. The van der Waals surface area contributed by atoms with Crippen molar-refractivity contribution < 1.29 is 22.0 Å². The van der Waals surface area contributed by atoms with Gasteiger partial charge in [-0.1, -0.05) is 11.6 Å². The van der Waals surface area contributed by atoms with Crippen molar-refractivity contribution in [1.82, 2.24) is 19.9 Å². The molecule has 0 aromatic carbocycles. The Morgan fingerprint density at radius 1 is 0.897 bits per heavy atom. The maximum atomic E-state index is 13.9. The number of nitrogens with one attached hydrogen (secondary N) is 2. The van der Waals surface area contributed by atoms with E-state index in [0.29, 0.717) is 0 Å². The van der Waals surface area contributed by atoms with Gasteiger partial charge in [0, 0.05) is 43.8 Å². The van der Waals surface area contributed by atoms with Crippen LogP contribution in [0.2, 0.25) is 5.15 Å². The summed E-state index contributed by atoms with van der Waals surface area (Å²) in [6.07, 6.45) is -1.59. The van der Waals surface area contributed by atoms with Gasteiger partial charge in [-0.2, -0.15) is 15.0 Å². The summed E-state index contributed by atoms with van der Waals surface area (Å²) < 4.78 is 66.3. The highest BCUT2D eigenvalue weighted by Crippen LogP contribution is 2.40. The van der Waals surface area contributed by atoms with E-state index in [-0.39, 0.29) is 34.3 Å². The van der Waals surface area contributed by atoms with Crippen LogP contribution in [0.4, 0.5) is 39.5 Å². The number of anilines is 3. The van der Waals surface area contributed by atoms with E-state index in [2.05, 4.69) is 30.6 Å². The van der Waals surface area contributed by atoms with Crippen LogP contribution >= 0.6 is 11.6 Å². The molecule has 4 rings (SSSR count). The van der Waals surface area contributed by atoms with Crippen molar-refractivity contribution in [2.45, 2.75) is 49.6 Å². The normalized spacial score (nSPS) is 20.6. The first-order valence-electron chi connectivity index (χ1n) is 8.66. The van der Waals surface area contributed by atoms with Crippen molar-refractivity contribution >= 4 is 29.2 Å².